The van der Waals surface area contributed by atoms with E-state index in [4.69, 9.17) is 0 Å². The van der Waals surface area contributed by atoms with Gasteiger partial charge >= 0.3 is 0 Å². The van der Waals surface area contributed by atoms with Crippen molar-refractivity contribution in [3.05, 3.63) is 45.9 Å². The zero-order chi connectivity index (χ0) is 15.6. The van der Waals surface area contributed by atoms with Gasteiger partial charge in [0.1, 0.15) is 11.5 Å². The Labute approximate surface area is 127 Å². The fourth-order valence-electron chi connectivity index (χ4n) is 1.74. The first-order chi connectivity index (χ1) is 9.77. The molecule has 2 rings (SSSR count). The van der Waals surface area contributed by atoms with Gasteiger partial charge in [0.15, 0.2) is 0 Å². The molecule has 0 radical (unpaired) electrons. The molecule has 1 atom stereocenters. The van der Waals surface area contributed by atoms with Crippen LogP contribution >= 0.6 is 11.3 Å². The predicted octanol–water partition coefficient (Wildman–Crippen LogP) is 3.47. The Morgan fingerprint density at radius 2 is 2.10 bits per heavy atom. The number of carbonyl (C=O) groups is 1. The molecule has 0 fully saturated rings. The second-order valence-electron chi connectivity index (χ2n) is 5.92. The summed E-state index contributed by atoms with van der Waals surface area (Å²) in [5.74, 6) is -0.684. The van der Waals surface area contributed by atoms with Crippen molar-refractivity contribution in [2.24, 2.45) is 0 Å². The summed E-state index contributed by atoms with van der Waals surface area (Å²) in [5.41, 5.74) is 0.928. The minimum absolute atomic E-state index is 0.0821. The summed E-state index contributed by atoms with van der Waals surface area (Å²) < 4.78 is 13.1. The van der Waals surface area contributed by atoms with Gasteiger partial charge in [-0.05, 0) is 18.6 Å². The number of hydrogen-bond donors (Lipinski definition) is 1. The lowest BCUT2D eigenvalue weighted by atomic mass is 9.98. The average Bonchev–Trinajstić information content (AvgIpc) is 2.88. The van der Waals surface area contributed by atoms with Crippen LogP contribution < -0.4 is 5.32 Å². The van der Waals surface area contributed by atoms with Gasteiger partial charge in [0.05, 0.1) is 17.2 Å². The van der Waals surface area contributed by atoms with Gasteiger partial charge in [-0.1, -0.05) is 20.8 Å². The van der Waals surface area contributed by atoms with E-state index in [2.05, 4.69) is 36.1 Å². The molecular formula is C15H18FN3OS. The van der Waals surface area contributed by atoms with Crippen LogP contribution in [0, 0.1) is 5.82 Å². The van der Waals surface area contributed by atoms with Crippen molar-refractivity contribution in [3.63, 3.8) is 0 Å². The van der Waals surface area contributed by atoms with E-state index in [-0.39, 0.29) is 17.4 Å². The highest BCUT2D eigenvalue weighted by Crippen LogP contribution is 2.25. The number of amides is 1. The molecule has 4 nitrogen and oxygen atoms in total. The number of rotatable bonds is 3. The Morgan fingerprint density at radius 1 is 1.38 bits per heavy atom. The highest BCUT2D eigenvalue weighted by molar-refractivity contribution is 7.10. The van der Waals surface area contributed by atoms with E-state index in [1.165, 1.54) is 23.6 Å². The Bertz CT molecular complexity index is 648. The number of hydrogen-bond acceptors (Lipinski definition) is 4. The zero-order valence-electron chi connectivity index (χ0n) is 12.5. The van der Waals surface area contributed by atoms with Crippen molar-refractivity contribution in [2.45, 2.75) is 39.2 Å². The minimum Gasteiger partial charge on any atom is -0.344 e. The Kier molecular flexibility index (Phi) is 4.37. The van der Waals surface area contributed by atoms with Crippen LogP contribution in [-0.2, 0) is 5.41 Å². The summed E-state index contributed by atoms with van der Waals surface area (Å²) in [6, 6.07) is 1.03. The molecule has 0 spiro atoms. The average molecular weight is 307 g/mol. The van der Waals surface area contributed by atoms with E-state index in [0.717, 1.165) is 11.2 Å². The predicted molar refractivity (Wildman–Crippen MR) is 80.9 cm³/mol. The molecule has 0 saturated carbocycles. The smallest absolute Gasteiger partial charge is 0.271 e. The van der Waals surface area contributed by atoms with Crippen LogP contribution in [0.25, 0.3) is 0 Å². The van der Waals surface area contributed by atoms with Crippen molar-refractivity contribution < 1.29 is 9.18 Å². The van der Waals surface area contributed by atoms with Crippen molar-refractivity contribution in [1.82, 2.24) is 15.3 Å². The quantitative estimate of drug-likeness (QED) is 0.944. The molecule has 0 aliphatic heterocycles. The minimum atomic E-state index is -0.419. The summed E-state index contributed by atoms with van der Waals surface area (Å²) in [6.07, 6.45) is 2.67. The molecule has 6 heteroatoms. The highest BCUT2D eigenvalue weighted by Gasteiger charge is 2.21. The Hall–Kier alpha value is -1.82. The first-order valence-electron chi connectivity index (χ1n) is 6.64. The van der Waals surface area contributed by atoms with Gasteiger partial charge in [-0.25, -0.2) is 9.37 Å². The normalized spacial score (nSPS) is 13.0. The number of carbonyl (C=O) groups excluding carboxylic acids is 1. The molecule has 2 heterocycles. The van der Waals surface area contributed by atoms with Crippen LogP contribution in [0.3, 0.4) is 0 Å². The van der Waals surface area contributed by atoms with Gasteiger partial charge < -0.3 is 5.32 Å². The third-order valence-electron chi connectivity index (χ3n) is 2.95. The van der Waals surface area contributed by atoms with E-state index in [0.29, 0.717) is 11.3 Å². The van der Waals surface area contributed by atoms with Gasteiger partial charge in [0, 0.05) is 17.0 Å². The third kappa shape index (κ3) is 3.85. The van der Waals surface area contributed by atoms with Crippen molar-refractivity contribution in [1.29, 1.82) is 0 Å². The van der Waals surface area contributed by atoms with E-state index in [1.807, 2.05) is 0 Å². The van der Waals surface area contributed by atoms with E-state index in [1.54, 1.807) is 12.3 Å². The lowest BCUT2D eigenvalue weighted by Crippen LogP contribution is -2.27. The number of thiazole rings is 1. The van der Waals surface area contributed by atoms with E-state index >= 15 is 0 Å². The van der Waals surface area contributed by atoms with Gasteiger partial charge in [-0.2, -0.15) is 0 Å². The van der Waals surface area contributed by atoms with E-state index < -0.39 is 5.82 Å². The van der Waals surface area contributed by atoms with Crippen LogP contribution in [0.2, 0.25) is 0 Å². The van der Waals surface area contributed by atoms with Crippen LogP contribution in [0.1, 0.15) is 54.8 Å². The summed E-state index contributed by atoms with van der Waals surface area (Å²) in [4.78, 5) is 20.3. The number of pyridine rings is 1. The molecule has 21 heavy (non-hydrogen) atoms. The molecule has 1 unspecified atom stereocenters. The summed E-state index contributed by atoms with van der Waals surface area (Å²) in [5, 5.41) is 5.46. The molecule has 112 valence electrons. The lowest BCUT2D eigenvalue weighted by molar-refractivity contribution is 0.0935. The van der Waals surface area contributed by atoms with Crippen molar-refractivity contribution in [3.8, 4) is 0 Å². The fourth-order valence-corrected chi connectivity index (χ4v) is 2.63. The molecule has 1 N–H and O–H groups in total. The monoisotopic (exact) mass is 307 g/mol. The van der Waals surface area contributed by atoms with Crippen molar-refractivity contribution in [2.75, 3.05) is 0 Å². The summed E-state index contributed by atoms with van der Waals surface area (Å²) in [7, 11) is 0. The number of aromatic nitrogens is 2. The SMILES string of the molecule is CC(NC(=O)c1csc(C(C)(C)C)n1)c1cncc(F)c1. The first kappa shape index (κ1) is 15.6. The molecule has 2 aromatic heterocycles. The molecule has 1 amide bonds. The topological polar surface area (TPSA) is 54.9 Å². The molecule has 0 saturated heterocycles. The lowest BCUT2D eigenvalue weighted by Gasteiger charge is -2.14. The number of nitrogens with one attached hydrogen (secondary N) is 1. The van der Waals surface area contributed by atoms with E-state index in [9.17, 15) is 9.18 Å². The van der Waals surface area contributed by atoms with Crippen LogP contribution in [0.5, 0.6) is 0 Å². The molecule has 0 bridgehead atoms. The Balaban J connectivity index is 2.09. The summed E-state index contributed by atoms with van der Waals surface area (Å²) >= 11 is 1.47. The Morgan fingerprint density at radius 3 is 2.67 bits per heavy atom. The first-order valence-corrected chi connectivity index (χ1v) is 7.52. The fraction of sp³-hybridized carbons (Fsp3) is 0.400. The third-order valence-corrected chi connectivity index (χ3v) is 4.22. The van der Waals surface area contributed by atoms with Crippen LogP contribution in [-0.4, -0.2) is 15.9 Å². The molecule has 0 aliphatic rings. The highest BCUT2D eigenvalue weighted by atomic mass is 32.1. The second kappa shape index (κ2) is 5.89. The van der Waals surface area contributed by atoms with Crippen LogP contribution in [0.15, 0.2) is 23.8 Å². The standard InChI is InChI=1S/C15H18FN3OS/c1-9(10-5-11(16)7-17-6-10)18-13(20)12-8-21-14(19-12)15(2,3)4/h5-9H,1-4H3,(H,18,20). The molecule has 0 aliphatic carbocycles. The van der Waals surface area contributed by atoms with Crippen molar-refractivity contribution >= 4 is 17.2 Å². The number of halogens is 1. The van der Waals surface area contributed by atoms with Gasteiger partial charge in [-0.3, -0.25) is 9.78 Å². The van der Waals surface area contributed by atoms with Gasteiger partial charge in [0.25, 0.3) is 5.91 Å². The molecule has 0 aromatic carbocycles. The number of nitrogens with zero attached hydrogens (tertiary/aromatic N) is 2. The maximum absolute atomic E-state index is 13.1. The zero-order valence-corrected chi connectivity index (χ0v) is 13.3. The van der Waals surface area contributed by atoms with Gasteiger partial charge in [0.2, 0.25) is 0 Å². The maximum Gasteiger partial charge on any atom is 0.271 e. The maximum atomic E-state index is 13.1. The molecular weight excluding hydrogens is 289 g/mol. The van der Waals surface area contributed by atoms with Crippen LogP contribution in [0.4, 0.5) is 4.39 Å². The molecule has 2 aromatic rings. The summed E-state index contributed by atoms with van der Waals surface area (Å²) in [6.45, 7) is 7.93. The van der Waals surface area contributed by atoms with Gasteiger partial charge in [-0.15, -0.1) is 11.3 Å². The largest absolute Gasteiger partial charge is 0.344 e. The second-order valence-corrected chi connectivity index (χ2v) is 6.78.